The molecule has 1 aliphatic heterocycles. The van der Waals surface area contributed by atoms with Crippen LogP contribution in [0.5, 0.6) is 0 Å². The number of carbonyl (C=O) groups is 1. The highest BCUT2D eigenvalue weighted by atomic mass is 19.4. The molecular formula is C22H21F3N2O2. The summed E-state index contributed by atoms with van der Waals surface area (Å²) in [7, 11) is 0. The first-order valence-corrected chi connectivity index (χ1v) is 9.58. The van der Waals surface area contributed by atoms with Crippen LogP contribution in [-0.2, 0) is 0 Å². The third kappa shape index (κ3) is 3.23. The minimum atomic E-state index is -5.01. The van der Waals surface area contributed by atoms with Gasteiger partial charge in [0.15, 0.2) is 0 Å². The molecule has 0 spiro atoms. The van der Waals surface area contributed by atoms with Gasteiger partial charge in [0.1, 0.15) is 0 Å². The van der Waals surface area contributed by atoms with E-state index >= 15 is 0 Å². The minimum Gasteiger partial charge on any atom is -0.362 e. The molecule has 1 amide bonds. The van der Waals surface area contributed by atoms with Gasteiger partial charge >= 0.3 is 6.18 Å². The van der Waals surface area contributed by atoms with Gasteiger partial charge in [0, 0.05) is 11.3 Å². The van der Waals surface area contributed by atoms with Crippen LogP contribution in [0.1, 0.15) is 36.5 Å². The maximum absolute atomic E-state index is 13.9. The van der Waals surface area contributed by atoms with Crippen LogP contribution in [0.4, 0.5) is 13.2 Å². The maximum atomic E-state index is 13.9. The lowest BCUT2D eigenvalue weighted by Crippen LogP contribution is -2.61. The van der Waals surface area contributed by atoms with E-state index in [2.05, 4.69) is 5.10 Å². The molecule has 4 rings (SSSR count). The maximum Gasteiger partial charge on any atom is 0.439 e. The fraction of sp³-hybridized carbons (Fsp3) is 0.364. The number of benzene rings is 2. The van der Waals surface area contributed by atoms with E-state index in [0.717, 1.165) is 11.1 Å². The highest BCUT2D eigenvalue weighted by Gasteiger charge is 2.68. The normalized spacial score (nSPS) is 26.8. The molecule has 1 N–H and O–H groups in total. The number of carbonyl (C=O) groups excluding carboxylic acids is 1. The van der Waals surface area contributed by atoms with Crippen LogP contribution in [0.15, 0.2) is 59.7 Å². The number of alkyl halides is 3. The molecular weight excluding hydrogens is 381 g/mol. The summed E-state index contributed by atoms with van der Waals surface area (Å²) in [5.41, 5.74) is -1.25. The Labute approximate surface area is 166 Å². The van der Waals surface area contributed by atoms with E-state index in [1.165, 1.54) is 12.1 Å². The van der Waals surface area contributed by atoms with Gasteiger partial charge in [0.2, 0.25) is 0 Å². The Morgan fingerprint density at radius 2 is 1.72 bits per heavy atom. The van der Waals surface area contributed by atoms with Crippen LogP contribution < -0.4 is 0 Å². The molecule has 2 aromatic carbocycles. The van der Waals surface area contributed by atoms with Crippen LogP contribution in [0.3, 0.4) is 0 Å². The predicted molar refractivity (Wildman–Crippen MR) is 103 cm³/mol. The number of fused-ring (bicyclic) bond motifs is 1. The highest BCUT2D eigenvalue weighted by Crippen LogP contribution is 2.49. The molecule has 1 aliphatic carbocycles. The number of hydrogen-bond acceptors (Lipinski definition) is 3. The van der Waals surface area contributed by atoms with E-state index < -0.39 is 23.7 Å². The molecule has 3 atom stereocenters. The Morgan fingerprint density at radius 3 is 2.34 bits per heavy atom. The number of amides is 1. The van der Waals surface area contributed by atoms with E-state index in [1.807, 2.05) is 37.3 Å². The molecule has 0 bridgehead atoms. The van der Waals surface area contributed by atoms with Gasteiger partial charge in [0.05, 0.1) is 5.92 Å². The van der Waals surface area contributed by atoms with Crippen LogP contribution in [0.25, 0.3) is 11.1 Å². The van der Waals surface area contributed by atoms with Gasteiger partial charge in [-0.05, 0) is 48.4 Å². The first-order valence-electron chi connectivity index (χ1n) is 9.58. The van der Waals surface area contributed by atoms with Gasteiger partial charge in [-0.1, -0.05) is 49.4 Å². The summed E-state index contributed by atoms with van der Waals surface area (Å²) in [6.45, 7) is 1.85. The summed E-state index contributed by atoms with van der Waals surface area (Å²) in [6.07, 6.45) is -3.83. The van der Waals surface area contributed by atoms with E-state index in [0.29, 0.717) is 12.8 Å². The molecule has 29 heavy (non-hydrogen) atoms. The molecule has 0 radical (unpaired) electrons. The predicted octanol–water partition coefficient (Wildman–Crippen LogP) is 4.85. The van der Waals surface area contributed by atoms with Crippen molar-refractivity contribution in [1.29, 1.82) is 0 Å². The van der Waals surface area contributed by atoms with Crippen molar-refractivity contribution in [2.45, 2.75) is 38.1 Å². The molecule has 7 heteroatoms. The molecule has 152 valence electrons. The van der Waals surface area contributed by atoms with E-state index in [4.69, 9.17) is 0 Å². The Hall–Kier alpha value is -2.67. The second-order valence-electron chi connectivity index (χ2n) is 7.81. The van der Waals surface area contributed by atoms with Crippen LogP contribution in [0.2, 0.25) is 0 Å². The summed E-state index contributed by atoms with van der Waals surface area (Å²) >= 11 is 0. The summed E-state index contributed by atoms with van der Waals surface area (Å²) in [5, 5.41) is 14.9. The second-order valence-corrected chi connectivity index (χ2v) is 7.81. The molecule has 2 aliphatic rings. The molecule has 2 aromatic rings. The number of hydrazone groups is 1. The number of halogens is 3. The Bertz CT molecular complexity index is 941. The summed E-state index contributed by atoms with van der Waals surface area (Å²) < 4.78 is 41.8. The van der Waals surface area contributed by atoms with Gasteiger partial charge in [-0.2, -0.15) is 23.3 Å². The number of rotatable bonds is 2. The standard InChI is InChI=1S/C22H21F3N2O2/c1-14-7-12-19-18(13-14)21(29,22(23,24)25)27(26-19)20(28)17-10-8-16(9-11-17)15-5-3-2-4-6-15/h2-6,8-11,14,18,29H,7,12-13H2,1H3/t14-,18+,21+/m1/s1. The molecule has 1 saturated carbocycles. The van der Waals surface area contributed by atoms with Gasteiger partial charge in [0.25, 0.3) is 11.6 Å². The monoisotopic (exact) mass is 402 g/mol. The van der Waals surface area contributed by atoms with Crippen molar-refractivity contribution in [3.63, 3.8) is 0 Å². The quantitative estimate of drug-likeness (QED) is 0.781. The van der Waals surface area contributed by atoms with Gasteiger partial charge in [-0.15, -0.1) is 0 Å². The van der Waals surface area contributed by atoms with Gasteiger partial charge < -0.3 is 5.11 Å². The molecule has 1 fully saturated rings. The Balaban J connectivity index is 1.67. The first-order chi connectivity index (χ1) is 13.7. The fourth-order valence-electron chi connectivity index (χ4n) is 4.17. The van der Waals surface area contributed by atoms with Gasteiger partial charge in [-0.25, -0.2) is 0 Å². The second kappa shape index (κ2) is 6.99. The zero-order valence-corrected chi connectivity index (χ0v) is 15.9. The van der Waals surface area contributed by atoms with E-state index in [1.54, 1.807) is 12.1 Å². The van der Waals surface area contributed by atoms with Crippen LogP contribution in [0, 0.1) is 11.8 Å². The minimum absolute atomic E-state index is 0.0213. The van der Waals surface area contributed by atoms with Crippen molar-refractivity contribution in [3.8, 4) is 11.1 Å². The Kier molecular flexibility index (Phi) is 4.73. The molecule has 0 aromatic heterocycles. The SMILES string of the molecule is C[C@@H]1CCC2=NN(C(=O)c3ccc(-c4ccccc4)cc3)[C@@](O)(C(F)(F)F)[C@H]2C1. The number of nitrogens with zero attached hydrogens (tertiary/aromatic N) is 2. The van der Waals surface area contributed by atoms with Gasteiger partial charge in [-0.3, -0.25) is 4.79 Å². The van der Waals surface area contributed by atoms with Crippen molar-refractivity contribution in [2.75, 3.05) is 0 Å². The van der Waals surface area contributed by atoms with Crippen molar-refractivity contribution < 1.29 is 23.1 Å². The van der Waals surface area contributed by atoms with Crippen molar-refractivity contribution in [2.24, 2.45) is 16.9 Å². The largest absolute Gasteiger partial charge is 0.439 e. The average Bonchev–Trinajstić information content (AvgIpc) is 3.01. The van der Waals surface area contributed by atoms with E-state index in [-0.39, 0.29) is 28.6 Å². The van der Waals surface area contributed by atoms with Crippen LogP contribution in [-0.4, -0.2) is 33.6 Å². The third-order valence-electron chi connectivity index (χ3n) is 5.82. The lowest BCUT2D eigenvalue weighted by molar-refractivity contribution is -0.313. The fourth-order valence-corrected chi connectivity index (χ4v) is 4.17. The first kappa shape index (κ1) is 19.6. The molecule has 0 unspecified atom stereocenters. The van der Waals surface area contributed by atoms with Crippen molar-refractivity contribution in [1.82, 2.24) is 5.01 Å². The summed E-state index contributed by atoms with van der Waals surface area (Å²) in [6, 6.07) is 15.7. The van der Waals surface area contributed by atoms with Crippen molar-refractivity contribution in [3.05, 3.63) is 60.2 Å². The lowest BCUT2D eigenvalue weighted by atomic mass is 9.76. The summed E-state index contributed by atoms with van der Waals surface area (Å²) in [4.78, 5) is 12.9. The molecule has 0 saturated heterocycles. The number of hydrogen-bond donors (Lipinski definition) is 1. The average molecular weight is 402 g/mol. The van der Waals surface area contributed by atoms with Crippen molar-refractivity contribution >= 4 is 11.6 Å². The smallest absolute Gasteiger partial charge is 0.362 e. The van der Waals surface area contributed by atoms with Crippen LogP contribution >= 0.6 is 0 Å². The highest BCUT2D eigenvalue weighted by molar-refractivity contribution is 5.99. The zero-order chi connectivity index (χ0) is 20.8. The summed E-state index contributed by atoms with van der Waals surface area (Å²) in [5.74, 6) is -2.16. The topological polar surface area (TPSA) is 52.9 Å². The third-order valence-corrected chi connectivity index (χ3v) is 5.82. The zero-order valence-electron chi connectivity index (χ0n) is 15.9. The van der Waals surface area contributed by atoms with E-state index in [9.17, 15) is 23.1 Å². The number of aliphatic hydroxyl groups is 1. The Morgan fingerprint density at radius 1 is 1.10 bits per heavy atom. The lowest BCUT2D eigenvalue weighted by Gasteiger charge is -2.39. The molecule has 1 heterocycles. The molecule has 4 nitrogen and oxygen atoms in total.